The van der Waals surface area contributed by atoms with Gasteiger partial charge in [0, 0.05) is 43.8 Å². The molecule has 0 aliphatic carbocycles. The van der Waals surface area contributed by atoms with Crippen molar-refractivity contribution in [1.82, 2.24) is 9.80 Å². The van der Waals surface area contributed by atoms with E-state index in [2.05, 4.69) is 36.5 Å². The summed E-state index contributed by atoms with van der Waals surface area (Å²) in [5.41, 5.74) is 1.22. The highest BCUT2D eigenvalue weighted by atomic mass is 32.2. The summed E-state index contributed by atoms with van der Waals surface area (Å²) in [5, 5.41) is 3.65. The molecule has 0 aromatic heterocycles. The first-order chi connectivity index (χ1) is 10.1. The van der Waals surface area contributed by atoms with Gasteiger partial charge in [0.25, 0.3) is 0 Å². The second-order valence-electron chi connectivity index (χ2n) is 5.51. The molecular weight excluding hydrogens is 282 g/mol. The van der Waals surface area contributed by atoms with Crippen LogP contribution in [0, 0.1) is 0 Å². The Morgan fingerprint density at radius 2 is 2.00 bits per heavy atom. The number of piperidine rings is 1. The predicted molar refractivity (Wildman–Crippen MR) is 90.1 cm³/mol. The summed E-state index contributed by atoms with van der Waals surface area (Å²) < 4.78 is 0. The van der Waals surface area contributed by atoms with E-state index in [-0.39, 0.29) is 6.03 Å². The average Bonchev–Trinajstić information content (AvgIpc) is 2.49. The molecule has 116 valence electrons. The number of nitrogens with zero attached hydrogens (tertiary/aromatic N) is 2. The number of rotatable bonds is 4. The van der Waals surface area contributed by atoms with Gasteiger partial charge in [-0.25, -0.2) is 4.79 Å². The molecule has 1 aliphatic rings. The molecule has 0 bridgehead atoms. The molecule has 1 aliphatic heterocycles. The topological polar surface area (TPSA) is 35.6 Å². The molecule has 1 aromatic rings. The number of thioether (sulfide) groups is 1. The molecule has 1 aromatic carbocycles. The van der Waals surface area contributed by atoms with Crippen molar-refractivity contribution < 1.29 is 4.79 Å². The molecule has 0 unspecified atom stereocenters. The van der Waals surface area contributed by atoms with Gasteiger partial charge in [-0.05, 0) is 30.7 Å². The van der Waals surface area contributed by atoms with E-state index in [4.69, 9.17) is 0 Å². The SMILES string of the molecule is CCSc1ccccc1NC1CCN(C(=O)N(C)C)CC1. The Morgan fingerprint density at radius 3 is 2.62 bits per heavy atom. The van der Waals surface area contributed by atoms with E-state index in [1.165, 1.54) is 10.6 Å². The van der Waals surface area contributed by atoms with Crippen LogP contribution >= 0.6 is 11.8 Å². The molecule has 1 heterocycles. The number of nitrogens with one attached hydrogen (secondary N) is 1. The smallest absolute Gasteiger partial charge is 0.319 e. The van der Waals surface area contributed by atoms with Crippen LogP contribution < -0.4 is 5.32 Å². The maximum atomic E-state index is 11.9. The number of hydrogen-bond donors (Lipinski definition) is 1. The summed E-state index contributed by atoms with van der Waals surface area (Å²) in [6, 6.07) is 9.05. The van der Waals surface area contributed by atoms with Gasteiger partial charge in [-0.15, -0.1) is 11.8 Å². The lowest BCUT2D eigenvalue weighted by molar-refractivity contribution is 0.158. The van der Waals surface area contributed by atoms with Gasteiger partial charge in [0.15, 0.2) is 0 Å². The number of carbonyl (C=O) groups excluding carboxylic acids is 1. The third-order valence-electron chi connectivity index (χ3n) is 3.69. The van der Waals surface area contributed by atoms with Crippen LogP contribution in [-0.2, 0) is 0 Å². The summed E-state index contributed by atoms with van der Waals surface area (Å²) in [6.07, 6.45) is 2.01. The molecule has 1 saturated heterocycles. The molecule has 4 nitrogen and oxygen atoms in total. The largest absolute Gasteiger partial charge is 0.381 e. The summed E-state index contributed by atoms with van der Waals surface area (Å²) in [7, 11) is 3.62. The minimum Gasteiger partial charge on any atom is -0.381 e. The van der Waals surface area contributed by atoms with E-state index in [9.17, 15) is 4.79 Å². The predicted octanol–water partition coefficient (Wildman–Crippen LogP) is 3.36. The van der Waals surface area contributed by atoms with Crippen molar-refractivity contribution in [3.8, 4) is 0 Å². The fourth-order valence-electron chi connectivity index (χ4n) is 2.59. The second kappa shape index (κ2) is 7.59. The number of para-hydroxylation sites is 1. The lowest BCUT2D eigenvalue weighted by Gasteiger charge is -2.34. The summed E-state index contributed by atoms with van der Waals surface area (Å²) >= 11 is 1.87. The standard InChI is InChI=1S/C16H25N3OS/c1-4-21-15-8-6-5-7-14(15)17-13-9-11-19(12-10-13)16(20)18(2)3/h5-8,13,17H,4,9-12H2,1-3H3. The van der Waals surface area contributed by atoms with Gasteiger partial charge >= 0.3 is 6.03 Å². The van der Waals surface area contributed by atoms with Crippen LogP contribution in [0.3, 0.4) is 0 Å². The fourth-order valence-corrected chi connectivity index (χ4v) is 3.35. The Morgan fingerprint density at radius 1 is 1.33 bits per heavy atom. The molecule has 1 fully saturated rings. The Bertz CT molecular complexity index is 470. The molecule has 0 saturated carbocycles. The fraction of sp³-hybridized carbons (Fsp3) is 0.562. The maximum Gasteiger partial charge on any atom is 0.319 e. The van der Waals surface area contributed by atoms with Crippen LogP contribution in [0.5, 0.6) is 0 Å². The van der Waals surface area contributed by atoms with Gasteiger partial charge < -0.3 is 15.1 Å². The van der Waals surface area contributed by atoms with E-state index >= 15 is 0 Å². The van der Waals surface area contributed by atoms with Gasteiger partial charge in [-0.2, -0.15) is 0 Å². The second-order valence-corrected chi connectivity index (χ2v) is 6.82. The average molecular weight is 307 g/mol. The summed E-state index contributed by atoms with van der Waals surface area (Å²) in [6.45, 7) is 3.84. The number of benzene rings is 1. The van der Waals surface area contributed by atoms with Crippen LogP contribution in [0.4, 0.5) is 10.5 Å². The van der Waals surface area contributed by atoms with Crippen molar-refractivity contribution in [2.45, 2.75) is 30.7 Å². The van der Waals surface area contributed by atoms with Crippen LogP contribution in [0.15, 0.2) is 29.2 Å². The van der Waals surface area contributed by atoms with Crippen molar-refractivity contribution in [2.24, 2.45) is 0 Å². The van der Waals surface area contributed by atoms with Gasteiger partial charge in [0.05, 0.1) is 0 Å². The quantitative estimate of drug-likeness (QED) is 0.867. The number of urea groups is 1. The normalized spacial score (nSPS) is 15.9. The highest BCUT2D eigenvalue weighted by molar-refractivity contribution is 7.99. The highest BCUT2D eigenvalue weighted by Crippen LogP contribution is 2.28. The first-order valence-electron chi connectivity index (χ1n) is 7.56. The third-order valence-corrected chi connectivity index (χ3v) is 4.65. The van der Waals surface area contributed by atoms with Gasteiger partial charge in [0.2, 0.25) is 0 Å². The monoisotopic (exact) mass is 307 g/mol. The van der Waals surface area contributed by atoms with Gasteiger partial charge in [-0.1, -0.05) is 19.1 Å². The van der Waals surface area contributed by atoms with Gasteiger partial charge in [-0.3, -0.25) is 0 Å². The number of likely N-dealkylation sites (tertiary alicyclic amines) is 1. The summed E-state index contributed by atoms with van der Waals surface area (Å²) in [4.78, 5) is 16.8. The Hall–Kier alpha value is -1.36. The molecule has 0 radical (unpaired) electrons. The Labute approximate surface area is 131 Å². The molecule has 0 spiro atoms. The Kier molecular flexibility index (Phi) is 5.79. The van der Waals surface area contributed by atoms with E-state index in [1.807, 2.05) is 30.8 Å². The Balaban J connectivity index is 1.90. The number of carbonyl (C=O) groups is 1. The molecule has 1 N–H and O–H groups in total. The zero-order chi connectivity index (χ0) is 15.2. The molecule has 0 atom stereocenters. The first kappa shape index (κ1) is 16.0. The van der Waals surface area contributed by atoms with Crippen LogP contribution in [-0.4, -0.2) is 54.8 Å². The number of anilines is 1. The van der Waals surface area contributed by atoms with E-state index in [1.54, 1.807) is 4.90 Å². The lowest BCUT2D eigenvalue weighted by Crippen LogP contribution is -2.46. The zero-order valence-electron chi connectivity index (χ0n) is 13.1. The summed E-state index contributed by atoms with van der Waals surface area (Å²) in [5.74, 6) is 1.08. The van der Waals surface area contributed by atoms with Crippen LogP contribution in [0.1, 0.15) is 19.8 Å². The van der Waals surface area contributed by atoms with E-state index in [0.717, 1.165) is 31.7 Å². The van der Waals surface area contributed by atoms with E-state index in [0.29, 0.717) is 6.04 Å². The highest BCUT2D eigenvalue weighted by Gasteiger charge is 2.23. The van der Waals surface area contributed by atoms with Crippen molar-refractivity contribution in [3.63, 3.8) is 0 Å². The molecule has 21 heavy (non-hydrogen) atoms. The van der Waals surface area contributed by atoms with Crippen molar-refractivity contribution in [2.75, 3.05) is 38.3 Å². The maximum absolute atomic E-state index is 11.9. The first-order valence-corrected chi connectivity index (χ1v) is 8.55. The van der Waals surface area contributed by atoms with Crippen molar-refractivity contribution in [3.05, 3.63) is 24.3 Å². The third kappa shape index (κ3) is 4.30. The van der Waals surface area contributed by atoms with E-state index < -0.39 is 0 Å². The lowest BCUT2D eigenvalue weighted by atomic mass is 10.0. The molecule has 2 amide bonds. The van der Waals surface area contributed by atoms with Crippen molar-refractivity contribution in [1.29, 1.82) is 0 Å². The number of amides is 2. The minimum absolute atomic E-state index is 0.121. The molecule has 2 rings (SSSR count). The zero-order valence-corrected chi connectivity index (χ0v) is 13.9. The number of hydrogen-bond acceptors (Lipinski definition) is 3. The van der Waals surface area contributed by atoms with Crippen LogP contribution in [0.25, 0.3) is 0 Å². The minimum atomic E-state index is 0.121. The van der Waals surface area contributed by atoms with Gasteiger partial charge in [0.1, 0.15) is 0 Å². The van der Waals surface area contributed by atoms with Crippen LogP contribution in [0.2, 0.25) is 0 Å². The van der Waals surface area contributed by atoms with Crippen molar-refractivity contribution >= 4 is 23.5 Å². The molecular formula is C16H25N3OS. The molecule has 5 heteroatoms.